The second-order valence-corrected chi connectivity index (χ2v) is 7.57. The van der Waals surface area contributed by atoms with E-state index in [0.29, 0.717) is 47.5 Å². The average molecular weight is 402 g/mol. The molecule has 8 heteroatoms. The van der Waals surface area contributed by atoms with E-state index in [2.05, 4.69) is 15.3 Å². The van der Waals surface area contributed by atoms with Crippen molar-refractivity contribution in [1.82, 2.24) is 20.2 Å². The van der Waals surface area contributed by atoms with E-state index in [1.807, 2.05) is 6.92 Å². The van der Waals surface area contributed by atoms with Crippen LogP contribution in [-0.4, -0.2) is 46.3 Å². The highest BCUT2D eigenvalue weighted by atomic mass is 35.5. The summed E-state index contributed by atoms with van der Waals surface area (Å²) in [5, 5.41) is 3.63. The first-order valence-electron chi connectivity index (χ1n) is 9.28. The van der Waals surface area contributed by atoms with Gasteiger partial charge in [-0.2, -0.15) is 0 Å². The molecule has 3 rings (SSSR count). The number of nitrogen functional groups attached to an aromatic ring is 1. The molecule has 0 bridgehead atoms. The largest absolute Gasteiger partial charge is 0.368 e. The molecule has 2 amide bonds. The Morgan fingerprint density at radius 3 is 2.57 bits per heavy atom. The van der Waals surface area contributed by atoms with E-state index < -0.39 is 0 Å². The minimum atomic E-state index is -0.128. The molecule has 0 radical (unpaired) electrons. The fraction of sp³-hybridized carbons (Fsp3) is 0.400. The number of halogens is 1. The van der Waals surface area contributed by atoms with Crippen LogP contribution in [0.4, 0.5) is 5.95 Å². The number of nitrogens with one attached hydrogen (secondary N) is 1. The Kier molecular flexibility index (Phi) is 6.14. The highest BCUT2D eigenvalue weighted by Crippen LogP contribution is 2.19. The molecule has 0 saturated carbocycles. The third kappa shape index (κ3) is 4.78. The number of benzene rings is 1. The van der Waals surface area contributed by atoms with Crippen LogP contribution < -0.4 is 11.1 Å². The van der Waals surface area contributed by atoms with Gasteiger partial charge in [0.05, 0.1) is 0 Å². The van der Waals surface area contributed by atoms with E-state index in [9.17, 15) is 9.59 Å². The zero-order valence-electron chi connectivity index (χ0n) is 16.0. The number of nitrogens with two attached hydrogens (primary N) is 1. The van der Waals surface area contributed by atoms with Crippen molar-refractivity contribution in [2.24, 2.45) is 5.92 Å². The van der Waals surface area contributed by atoms with Gasteiger partial charge < -0.3 is 16.0 Å². The molecule has 0 unspecified atom stereocenters. The number of likely N-dealkylation sites (tertiary alicyclic amines) is 1. The van der Waals surface area contributed by atoms with Crippen LogP contribution in [0.5, 0.6) is 0 Å². The Labute approximate surface area is 169 Å². The van der Waals surface area contributed by atoms with Gasteiger partial charge in [0.1, 0.15) is 5.69 Å². The molecular formula is C20H24ClN5O2. The number of hydrogen-bond donors (Lipinski definition) is 2. The van der Waals surface area contributed by atoms with Crippen molar-refractivity contribution in [3.8, 4) is 0 Å². The van der Waals surface area contributed by atoms with Crippen LogP contribution >= 0.6 is 11.6 Å². The molecule has 148 valence electrons. The zero-order chi connectivity index (χ0) is 20.3. The van der Waals surface area contributed by atoms with Crippen molar-refractivity contribution in [3.63, 3.8) is 0 Å². The molecule has 1 aliphatic rings. The van der Waals surface area contributed by atoms with E-state index in [4.69, 9.17) is 17.3 Å². The van der Waals surface area contributed by atoms with Crippen LogP contribution in [-0.2, 0) is 0 Å². The monoisotopic (exact) mass is 401 g/mol. The fourth-order valence-electron chi connectivity index (χ4n) is 3.33. The number of nitrogens with zero attached hydrogens (tertiary/aromatic N) is 3. The first-order valence-corrected chi connectivity index (χ1v) is 9.66. The SMILES string of the molecule is Cc1cc(C(=O)N2CCC(CNC(=O)c3ccc(Cl)c(C)c3)CC2)nc(N)n1. The summed E-state index contributed by atoms with van der Waals surface area (Å²) < 4.78 is 0. The molecule has 0 spiro atoms. The van der Waals surface area contributed by atoms with Crippen molar-refractivity contribution < 1.29 is 9.59 Å². The number of aromatic nitrogens is 2. The Morgan fingerprint density at radius 2 is 1.93 bits per heavy atom. The van der Waals surface area contributed by atoms with Gasteiger partial charge in [-0.25, -0.2) is 9.97 Å². The maximum atomic E-state index is 12.6. The third-order valence-electron chi connectivity index (χ3n) is 4.96. The van der Waals surface area contributed by atoms with Crippen molar-refractivity contribution in [2.75, 3.05) is 25.4 Å². The van der Waals surface area contributed by atoms with Gasteiger partial charge in [-0.1, -0.05) is 11.6 Å². The van der Waals surface area contributed by atoms with Gasteiger partial charge >= 0.3 is 0 Å². The summed E-state index contributed by atoms with van der Waals surface area (Å²) in [6.45, 7) is 5.50. The van der Waals surface area contributed by atoms with Crippen molar-refractivity contribution in [2.45, 2.75) is 26.7 Å². The molecule has 28 heavy (non-hydrogen) atoms. The fourth-order valence-corrected chi connectivity index (χ4v) is 3.45. The number of piperidine rings is 1. The lowest BCUT2D eigenvalue weighted by atomic mass is 9.96. The molecule has 1 fully saturated rings. The molecule has 1 aromatic heterocycles. The highest BCUT2D eigenvalue weighted by Gasteiger charge is 2.25. The van der Waals surface area contributed by atoms with Crippen LogP contribution in [0.1, 0.15) is 44.9 Å². The summed E-state index contributed by atoms with van der Waals surface area (Å²) in [6, 6.07) is 6.90. The van der Waals surface area contributed by atoms with Crippen LogP contribution in [0.2, 0.25) is 5.02 Å². The molecular weight excluding hydrogens is 378 g/mol. The summed E-state index contributed by atoms with van der Waals surface area (Å²) >= 11 is 6.01. The summed E-state index contributed by atoms with van der Waals surface area (Å²) in [4.78, 5) is 34.8. The zero-order valence-corrected chi connectivity index (χ0v) is 16.8. The molecule has 1 saturated heterocycles. The number of anilines is 1. The molecule has 2 aromatic rings. The number of rotatable bonds is 4. The van der Waals surface area contributed by atoms with Crippen LogP contribution in [0.3, 0.4) is 0 Å². The van der Waals surface area contributed by atoms with Gasteiger partial charge in [0.2, 0.25) is 5.95 Å². The molecule has 2 heterocycles. The predicted molar refractivity (Wildman–Crippen MR) is 108 cm³/mol. The maximum absolute atomic E-state index is 12.6. The molecule has 7 nitrogen and oxygen atoms in total. The quantitative estimate of drug-likeness (QED) is 0.819. The lowest BCUT2D eigenvalue weighted by Crippen LogP contribution is -2.42. The average Bonchev–Trinajstić information content (AvgIpc) is 2.67. The number of carbonyl (C=O) groups is 2. The smallest absolute Gasteiger partial charge is 0.272 e. The van der Waals surface area contributed by atoms with Crippen LogP contribution in [0.15, 0.2) is 24.3 Å². The van der Waals surface area contributed by atoms with Gasteiger partial charge in [-0.3, -0.25) is 9.59 Å². The highest BCUT2D eigenvalue weighted by molar-refractivity contribution is 6.31. The minimum absolute atomic E-state index is 0.106. The first-order chi connectivity index (χ1) is 13.3. The van der Waals surface area contributed by atoms with Crippen LogP contribution in [0.25, 0.3) is 0 Å². The number of hydrogen-bond acceptors (Lipinski definition) is 5. The minimum Gasteiger partial charge on any atom is -0.368 e. The Morgan fingerprint density at radius 1 is 1.21 bits per heavy atom. The van der Waals surface area contributed by atoms with E-state index in [1.165, 1.54) is 0 Å². The molecule has 3 N–H and O–H groups in total. The van der Waals surface area contributed by atoms with E-state index >= 15 is 0 Å². The Bertz CT molecular complexity index is 874. The Hall–Kier alpha value is -2.67. The summed E-state index contributed by atoms with van der Waals surface area (Å²) in [6.07, 6.45) is 1.65. The maximum Gasteiger partial charge on any atom is 0.272 e. The normalized spacial score (nSPS) is 14.8. The van der Waals surface area contributed by atoms with Crippen molar-refractivity contribution >= 4 is 29.4 Å². The van der Waals surface area contributed by atoms with E-state index in [-0.39, 0.29) is 17.8 Å². The standard InChI is InChI=1S/C20H24ClN5O2/c1-12-9-15(3-4-16(12)21)18(27)23-11-14-5-7-26(8-6-14)19(28)17-10-13(2)24-20(22)25-17/h3-4,9-10,14H,5-8,11H2,1-2H3,(H,23,27)(H2,22,24,25). The number of aryl methyl sites for hydroxylation is 2. The summed E-state index contributed by atoms with van der Waals surface area (Å²) in [7, 11) is 0. The molecule has 0 aliphatic carbocycles. The second-order valence-electron chi connectivity index (χ2n) is 7.16. The third-order valence-corrected chi connectivity index (χ3v) is 5.39. The molecule has 1 aliphatic heterocycles. The van der Waals surface area contributed by atoms with E-state index in [1.54, 1.807) is 36.1 Å². The van der Waals surface area contributed by atoms with Gasteiger partial charge in [-0.15, -0.1) is 0 Å². The van der Waals surface area contributed by atoms with Crippen molar-refractivity contribution in [3.05, 3.63) is 51.8 Å². The summed E-state index contributed by atoms with van der Waals surface area (Å²) in [5.41, 5.74) is 8.12. The van der Waals surface area contributed by atoms with Gasteiger partial charge in [0.15, 0.2) is 0 Å². The van der Waals surface area contributed by atoms with Crippen LogP contribution in [0, 0.1) is 19.8 Å². The molecule has 1 aromatic carbocycles. The summed E-state index contributed by atoms with van der Waals surface area (Å²) in [5.74, 6) is 0.207. The number of carbonyl (C=O) groups excluding carboxylic acids is 2. The topological polar surface area (TPSA) is 101 Å². The van der Waals surface area contributed by atoms with Crippen molar-refractivity contribution in [1.29, 1.82) is 0 Å². The van der Waals surface area contributed by atoms with Gasteiger partial charge in [0.25, 0.3) is 11.8 Å². The van der Waals surface area contributed by atoms with E-state index in [0.717, 1.165) is 18.4 Å². The molecule has 0 atom stereocenters. The first kappa shape index (κ1) is 20.1. The lowest BCUT2D eigenvalue weighted by molar-refractivity contribution is 0.0678. The number of amides is 2. The Balaban J connectivity index is 1.50. The predicted octanol–water partition coefficient (Wildman–Crippen LogP) is 2.61. The van der Waals surface area contributed by atoms with Gasteiger partial charge in [-0.05, 0) is 62.4 Å². The lowest BCUT2D eigenvalue weighted by Gasteiger charge is -2.32. The second kappa shape index (κ2) is 8.56. The van der Waals surface area contributed by atoms with Gasteiger partial charge in [0, 0.05) is 35.9 Å².